The van der Waals surface area contributed by atoms with Crippen LogP contribution in [0.3, 0.4) is 0 Å². The Bertz CT molecular complexity index is 822. The molecule has 1 heterocycles. The number of guanidine groups is 1. The second kappa shape index (κ2) is 10.8. The molecule has 1 fully saturated rings. The zero-order valence-corrected chi connectivity index (χ0v) is 18.6. The van der Waals surface area contributed by atoms with Gasteiger partial charge in [-0.25, -0.2) is 0 Å². The Morgan fingerprint density at radius 1 is 1.13 bits per heavy atom. The first-order chi connectivity index (χ1) is 14.6. The maximum absolute atomic E-state index is 5.37. The highest BCUT2D eigenvalue weighted by Crippen LogP contribution is 2.27. The molecule has 0 saturated carbocycles. The third-order valence-electron chi connectivity index (χ3n) is 5.48. The molecule has 6 heteroatoms. The van der Waals surface area contributed by atoms with Gasteiger partial charge in [0.05, 0.1) is 14.2 Å². The Morgan fingerprint density at radius 2 is 1.90 bits per heavy atom. The summed E-state index contributed by atoms with van der Waals surface area (Å²) in [4.78, 5) is 9.55. The van der Waals surface area contributed by atoms with E-state index in [9.17, 15) is 0 Å². The first-order valence-corrected chi connectivity index (χ1v) is 10.6. The molecule has 3 rings (SSSR count). The molecule has 1 aliphatic heterocycles. The number of anilines is 1. The van der Waals surface area contributed by atoms with Gasteiger partial charge in [-0.05, 0) is 49.1 Å². The summed E-state index contributed by atoms with van der Waals surface area (Å²) in [5.74, 6) is 3.29. The van der Waals surface area contributed by atoms with Crippen molar-refractivity contribution in [2.45, 2.75) is 19.9 Å². The number of nitrogens with one attached hydrogen (secondary N) is 1. The van der Waals surface area contributed by atoms with E-state index in [0.29, 0.717) is 5.92 Å². The number of hydrogen-bond acceptors (Lipinski definition) is 4. The van der Waals surface area contributed by atoms with E-state index in [-0.39, 0.29) is 0 Å². The van der Waals surface area contributed by atoms with Crippen molar-refractivity contribution in [3.05, 3.63) is 54.1 Å². The van der Waals surface area contributed by atoms with Crippen LogP contribution in [0.4, 0.5) is 5.69 Å². The lowest BCUT2D eigenvalue weighted by Gasteiger charge is -2.23. The number of nitrogens with zero attached hydrogens (tertiary/aromatic N) is 3. The molecule has 2 aromatic rings. The summed E-state index contributed by atoms with van der Waals surface area (Å²) in [5.41, 5.74) is 2.46. The van der Waals surface area contributed by atoms with Crippen LogP contribution in [0.5, 0.6) is 11.5 Å². The van der Waals surface area contributed by atoms with Gasteiger partial charge in [-0.2, -0.15) is 0 Å². The Kier molecular flexibility index (Phi) is 7.82. The van der Waals surface area contributed by atoms with Crippen LogP contribution in [-0.2, 0) is 6.54 Å². The molecule has 0 radical (unpaired) electrons. The van der Waals surface area contributed by atoms with Gasteiger partial charge in [0.2, 0.25) is 0 Å². The number of ether oxygens (including phenoxy) is 2. The maximum Gasteiger partial charge on any atom is 0.193 e. The Morgan fingerprint density at radius 3 is 2.60 bits per heavy atom. The van der Waals surface area contributed by atoms with E-state index in [1.807, 2.05) is 18.2 Å². The lowest BCUT2D eigenvalue weighted by molar-refractivity contribution is 0.414. The largest absolute Gasteiger partial charge is 0.497 e. The van der Waals surface area contributed by atoms with Gasteiger partial charge in [-0.1, -0.05) is 18.2 Å². The monoisotopic (exact) mass is 410 g/mol. The van der Waals surface area contributed by atoms with Crippen LogP contribution in [0.25, 0.3) is 0 Å². The van der Waals surface area contributed by atoms with Crippen molar-refractivity contribution in [2.75, 3.05) is 52.3 Å². The third-order valence-corrected chi connectivity index (χ3v) is 5.48. The molecular formula is C24H34N4O2. The van der Waals surface area contributed by atoms with Crippen molar-refractivity contribution in [2.24, 2.45) is 10.9 Å². The standard InChI is InChI=1S/C24H34N4O2/c1-5-25-24(27(2)17-19-9-11-22(29-3)12-10-19)26-16-20-13-14-28(18-20)21-7-6-8-23(15-21)30-4/h6-12,15,20H,5,13-14,16-18H2,1-4H3,(H,25,26). The molecular weight excluding hydrogens is 376 g/mol. The van der Waals surface area contributed by atoms with Crippen molar-refractivity contribution >= 4 is 11.6 Å². The van der Waals surface area contributed by atoms with Gasteiger partial charge in [0.15, 0.2) is 5.96 Å². The predicted octanol–water partition coefficient (Wildman–Crippen LogP) is 3.63. The molecule has 0 amide bonds. The fraction of sp³-hybridized carbons (Fsp3) is 0.458. The topological polar surface area (TPSA) is 49.3 Å². The minimum absolute atomic E-state index is 0.555. The lowest BCUT2D eigenvalue weighted by Crippen LogP contribution is -2.39. The van der Waals surface area contributed by atoms with Crippen molar-refractivity contribution in [3.63, 3.8) is 0 Å². The van der Waals surface area contributed by atoms with Gasteiger partial charge in [-0.3, -0.25) is 4.99 Å². The molecule has 2 aromatic carbocycles. The molecule has 1 atom stereocenters. The lowest BCUT2D eigenvalue weighted by atomic mass is 10.1. The molecule has 0 bridgehead atoms. The zero-order valence-electron chi connectivity index (χ0n) is 18.6. The Balaban J connectivity index is 1.58. The minimum Gasteiger partial charge on any atom is -0.497 e. The highest BCUT2D eigenvalue weighted by Gasteiger charge is 2.23. The summed E-state index contributed by atoms with van der Waals surface area (Å²) < 4.78 is 10.6. The van der Waals surface area contributed by atoms with E-state index in [4.69, 9.17) is 14.5 Å². The van der Waals surface area contributed by atoms with E-state index >= 15 is 0 Å². The van der Waals surface area contributed by atoms with Gasteiger partial charge >= 0.3 is 0 Å². The van der Waals surface area contributed by atoms with E-state index in [1.54, 1.807) is 14.2 Å². The van der Waals surface area contributed by atoms with Crippen molar-refractivity contribution < 1.29 is 9.47 Å². The third kappa shape index (κ3) is 5.81. The highest BCUT2D eigenvalue weighted by atomic mass is 16.5. The molecule has 1 saturated heterocycles. The van der Waals surface area contributed by atoms with Gasteiger partial charge < -0.3 is 24.6 Å². The number of methoxy groups -OCH3 is 2. The second-order valence-corrected chi connectivity index (χ2v) is 7.70. The van der Waals surface area contributed by atoms with Gasteiger partial charge in [0.25, 0.3) is 0 Å². The van der Waals surface area contributed by atoms with Gasteiger partial charge in [0.1, 0.15) is 11.5 Å². The summed E-state index contributed by atoms with van der Waals surface area (Å²) in [5, 5.41) is 3.43. The minimum atomic E-state index is 0.555. The SMILES string of the molecule is CCNC(=NCC1CCN(c2cccc(OC)c2)C1)N(C)Cc1ccc(OC)cc1. The predicted molar refractivity (Wildman–Crippen MR) is 124 cm³/mol. The molecule has 0 aliphatic carbocycles. The molecule has 1 aliphatic rings. The normalized spacial score (nSPS) is 16.5. The number of aliphatic imine (C=N–C) groups is 1. The van der Waals surface area contributed by atoms with Crippen LogP contribution in [0.2, 0.25) is 0 Å². The van der Waals surface area contributed by atoms with Crippen LogP contribution in [0.15, 0.2) is 53.5 Å². The summed E-state index contributed by atoms with van der Waals surface area (Å²) in [7, 11) is 5.49. The molecule has 1 N–H and O–H groups in total. The van der Waals surface area contributed by atoms with Crippen molar-refractivity contribution in [1.29, 1.82) is 0 Å². The van der Waals surface area contributed by atoms with Crippen molar-refractivity contribution in [1.82, 2.24) is 10.2 Å². The number of benzene rings is 2. The average Bonchev–Trinajstić information content (AvgIpc) is 3.26. The van der Waals surface area contributed by atoms with Crippen LogP contribution in [0, 0.1) is 5.92 Å². The smallest absolute Gasteiger partial charge is 0.193 e. The van der Waals surface area contributed by atoms with E-state index in [0.717, 1.165) is 56.6 Å². The van der Waals surface area contributed by atoms with Crippen molar-refractivity contribution in [3.8, 4) is 11.5 Å². The van der Waals surface area contributed by atoms with Crippen LogP contribution in [0.1, 0.15) is 18.9 Å². The molecule has 30 heavy (non-hydrogen) atoms. The molecule has 0 spiro atoms. The first-order valence-electron chi connectivity index (χ1n) is 10.6. The molecule has 6 nitrogen and oxygen atoms in total. The second-order valence-electron chi connectivity index (χ2n) is 7.70. The Hall–Kier alpha value is -2.89. The van der Waals surface area contributed by atoms with Crippen LogP contribution < -0.4 is 19.7 Å². The quantitative estimate of drug-likeness (QED) is 0.532. The fourth-order valence-electron chi connectivity index (χ4n) is 3.79. The zero-order chi connectivity index (χ0) is 21.3. The fourth-order valence-corrected chi connectivity index (χ4v) is 3.79. The summed E-state index contributed by atoms with van der Waals surface area (Å²) in [6.07, 6.45) is 1.16. The van der Waals surface area contributed by atoms with E-state index in [2.05, 4.69) is 59.4 Å². The summed E-state index contributed by atoms with van der Waals surface area (Å²) in [6, 6.07) is 16.5. The summed E-state index contributed by atoms with van der Waals surface area (Å²) in [6.45, 7) is 6.68. The Labute approximate surface area is 180 Å². The van der Waals surface area contributed by atoms with E-state index < -0.39 is 0 Å². The molecule has 0 aromatic heterocycles. The molecule has 1 unspecified atom stereocenters. The summed E-state index contributed by atoms with van der Waals surface area (Å²) >= 11 is 0. The van der Waals surface area contributed by atoms with Gasteiger partial charge in [0, 0.05) is 51.5 Å². The van der Waals surface area contributed by atoms with E-state index in [1.165, 1.54) is 11.3 Å². The first kappa shape index (κ1) is 21.8. The van der Waals surface area contributed by atoms with Crippen LogP contribution >= 0.6 is 0 Å². The number of rotatable bonds is 8. The maximum atomic E-state index is 5.37. The average molecular weight is 411 g/mol. The van der Waals surface area contributed by atoms with Crippen LogP contribution in [-0.4, -0.2) is 58.3 Å². The molecule has 162 valence electrons. The highest BCUT2D eigenvalue weighted by molar-refractivity contribution is 5.79. The van der Waals surface area contributed by atoms with Gasteiger partial charge in [-0.15, -0.1) is 0 Å². The number of hydrogen-bond donors (Lipinski definition) is 1.